The van der Waals surface area contributed by atoms with Gasteiger partial charge in [0.05, 0.1) is 5.69 Å². The standard InChI is InChI=1S/C14H16N2/c1-11-5-3-4-6-13(11)14-8-7-12(9-15-2)10-16-14/h3-8,10,15H,9H2,1-2H3. The van der Waals surface area contributed by atoms with Crippen molar-refractivity contribution >= 4 is 0 Å². The van der Waals surface area contributed by atoms with Gasteiger partial charge in [-0.05, 0) is 31.2 Å². The smallest absolute Gasteiger partial charge is 0.0704 e. The van der Waals surface area contributed by atoms with Gasteiger partial charge in [0.2, 0.25) is 0 Å². The fourth-order valence-electron chi connectivity index (χ4n) is 1.75. The summed E-state index contributed by atoms with van der Waals surface area (Å²) in [6.07, 6.45) is 1.93. The molecule has 2 aromatic rings. The van der Waals surface area contributed by atoms with Crippen LogP contribution in [-0.4, -0.2) is 12.0 Å². The molecule has 0 atom stereocenters. The van der Waals surface area contributed by atoms with E-state index in [0.29, 0.717) is 0 Å². The van der Waals surface area contributed by atoms with E-state index in [9.17, 15) is 0 Å². The predicted octanol–water partition coefficient (Wildman–Crippen LogP) is 2.78. The van der Waals surface area contributed by atoms with E-state index in [1.54, 1.807) is 0 Å². The lowest BCUT2D eigenvalue weighted by atomic mass is 10.1. The maximum absolute atomic E-state index is 4.49. The van der Waals surface area contributed by atoms with E-state index in [1.165, 1.54) is 16.7 Å². The Morgan fingerprint density at radius 3 is 2.56 bits per heavy atom. The number of nitrogens with zero attached hydrogens (tertiary/aromatic N) is 1. The van der Waals surface area contributed by atoms with Crippen molar-refractivity contribution in [3.05, 3.63) is 53.7 Å². The van der Waals surface area contributed by atoms with Gasteiger partial charge >= 0.3 is 0 Å². The first kappa shape index (κ1) is 10.8. The van der Waals surface area contributed by atoms with Crippen molar-refractivity contribution in [1.82, 2.24) is 10.3 Å². The van der Waals surface area contributed by atoms with E-state index in [2.05, 4.69) is 41.5 Å². The molecule has 0 radical (unpaired) electrons. The van der Waals surface area contributed by atoms with Gasteiger partial charge in [0.1, 0.15) is 0 Å². The molecule has 0 spiro atoms. The number of aromatic nitrogens is 1. The monoisotopic (exact) mass is 212 g/mol. The average molecular weight is 212 g/mol. The summed E-state index contributed by atoms with van der Waals surface area (Å²) in [6, 6.07) is 12.5. The Bertz CT molecular complexity index is 460. The summed E-state index contributed by atoms with van der Waals surface area (Å²) in [5.74, 6) is 0. The molecule has 16 heavy (non-hydrogen) atoms. The highest BCUT2D eigenvalue weighted by Gasteiger charge is 2.01. The molecule has 0 aliphatic carbocycles. The quantitative estimate of drug-likeness (QED) is 0.846. The van der Waals surface area contributed by atoms with Gasteiger partial charge in [-0.15, -0.1) is 0 Å². The molecule has 0 saturated carbocycles. The van der Waals surface area contributed by atoms with Crippen LogP contribution in [0.15, 0.2) is 42.6 Å². The molecule has 0 saturated heterocycles. The molecule has 82 valence electrons. The Kier molecular flexibility index (Phi) is 3.32. The molecule has 2 nitrogen and oxygen atoms in total. The molecule has 0 bridgehead atoms. The SMILES string of the molecule is CNCc1ccc(-c2ccccc2C)nc1. The van der Waals surface area contributed by atoms with Gasteiger partial charge in [-0.2, -0.15) is 0 Å². The van der Waals surface area contributed by atoms with Crippen LogP contribution in [0.2, 0.25) is 0 Å². The number of hydrogen-bond donors (Lipinski definition) is 1. The molecule has 1 N–H and O–H groups in total. The minimum absolute atomic E-state index is 0.862. The Morgan fingerprint density at radius 1 is 1.12 bits per heavy atom. The highest BCUT2D eigenvalue weighted by molar-refractivity contribution is 5.63. The number of rotatable bonds is 3. The van der Waals surface area contributed by atoms with Crippen LogP contribution in [-0.2, 0) is 6.54 Å². The third kappa shape index (κ3) is 2.28. The van der Waals surface area contributed by atoms with Gasteiger partial charge in [-0.3, -0.25) is 4.98 Å². The lowest BCUT2D eigenvalue weighted by molar-refractivity contribution is 0.813. The van der Waals surface area contributed by atoms with Crippen molar-refractivity contribution in [3.8, 4) is 11.3 Å². The van der Waals surface area contributed by atoms with E-state index in [4.69, 9.17) is 0 Å². The molecule has 2 rings (SSSR count). The molecule has 0 amide bonds. The fraction of sp³-hybridized carbons (Fsp3) is 0.214. The number of pyridine rings is 1. The molecule has 2 heteroatoms. The zero-order valence-electron chi connectivity index (χ0n) is 9.70. The minimum Gasteiger partial charge on any atom is -0.316 e. The first-order valence-corrected chi connectivity index (χ1v) is 5.47. The average Bonchev–Trinajstić information content (AvgIpc) is 2.31. The van der Waals surface area contributed by atoms with E-state index < -0.39 is 0 Å². The van der Waals surface area contributed by atoms with E-state index >= 15 is 0 Å². The van der Waals surface area contributed by atoms with Crippen LogP contribution in [0.5, 0.6) is 0 Å². The van der Waals surface area contributed by atoms with Crippen LogP contribution in [0.4, 0.5) is 0 Å². The summed E-state index contributed by atoms with van der Waals surface area (Å²) in [7, 11) is 1.94. The molecular weight excluding hydrogens is 196 g/mol. The largest absolute Gasteiger partial charge is 0.316 e. The van der Waals surface area contributed by atoms with Crippen LogP contribution < -0.4 is 5.32 Å². The first-order chi connectivity index (χ1) is 7.81. The predicted molar refractivity (Wildman–Crippen MR) is 67.2 cm³/mol. The Balaban J connectivity index is 2.31. The summed E-state index contributed by atoms with van der Waals surface area (Å²) in [5.41, 5.74) is 4.72. The molecule has 1 aromatic heterocycles. The Hall–Kier alpha value is -1.67. The zero-order chi connectivity index (χ0) is 11.4. The molecule has 0 unspecified atom stereocenters. The Labute approximate surface area is 96.4 Å². The van der Waals surface area contributed by atoms with Gasteiger partial charge in [0.15, 0.2) is 0 Å². The van der Waals surface area contributed by atoms with Crippen molar-refractivity contribution in [1.29, 1.82) is 0 Å². The van der Waals surface area contributed by atoms with Gasteiger partial charge < -0.3 is 5.32 Å². The topological polar surface area (TPSA) is 24.9 Å². The zero-order valence-corrected chi connectivity index (χ0v) is 9.70. The van der Waals surface area contributed by atoms with Gasteiger partial charge in [-0.25, -0.2) is 0 Å². The lowest BCUT2D eigenvalue weighted by Crippen LogP contribution is -2.05. The number of nitrogens with one attached hydrogen (secondary N) is 1. The first-order valence-electron chi connectivity index (χ1n) is 5.47. The van der Waals surface area contributed by atoms with Gasteiger partial charge in [-0.1, -0.05) is 30.3 Å². The highest BCUT2D eigenvalue weighted by atomic mass is 14.8. The van der Waals surface area contributed by atoms with E-state index in [-0.39, 0.29) is 0 Å². The molecular formula is C14H16N2. The van der Waals surface area contributed by atoms with E-state index in [0.717, 1.165) is 12.2 Å². The second kappa shape index (κ2) is 4.90. The van der Waals surface area contributed by atoms with Crippen molar-refractivity contribution in [2.75, 3.05) is 7.05 Å². The second-order valence-electron chi connectivity index (χ2n) is 3.90. The number of aryl methyl sites for hydroxylation is 1. The molecule has 0 aliphatic heterocycles. The van der Waals surface area contributed by atoms with Crippen molar-refractivity contribution in [2.24, 2.45) is 0 Å². The normalized spacial score (nSPS) is 10.4. The molecule has 1 aromatic carbocycles. The summed E-state index contributed by atoms with van der Waals surface area (Å²) >= 11 is 0. The van der Waals surface area contributed by atoms with E-state index in [1.807, 2.05) is 25.4 Å². The summed E-state index contributed by atoms with van der Waals surface area (Å²) < 4.78 is 0. The fourth-order valence-corrected chi connectivity index (χ4v) is 1.75. The van der Waals surface area contributed by atoms with Crippen LogP contribution in [0.3, 0.4) is 0 Å². The van der Waals surface area contributed by atoms with Crippen molar-refractivity contribution < 1.29 is 0 Å². The van der Waals surface area contributed by atoms with Crippen LogP contribution in [0.25, 0.3) is 11.3 Å². The van der Waals surface area contributed by atoms with Crippen molar-refractivity contribution in [2.45, 2.75) is 13.5 Å². The summed E-state index contributed by atoms with van der Waals surface area (Å²) in [6.45, 7) is 2.97. The Morgan fingerprint density at radius 2 is 1.94 bits per heavy atom. The molecule has 0 fully saturated rings. The molecule has 0 aliphatic rings. The van der Waals surface area contributed by atoms with Crippen LogP contribution in [0.1, 0.15) is 11.1 Å². The minimum atomic E-state index is 0.862. The maximum atomic E-state index is 4.49. The highest BCUT2D eigenvalue weighted by Crippen LogP contribution is 2.20. The van der Waals surface area contributed by atoms with Crippen LogP contribution >= 0.6 is 0 Å². The third-order valence-corrected chi connectivity index (χ3v) is 2.63. The summed E-state index contributed by atoms with van der Waals surface area (Å²) in [5, 5.41) is 3.11. The van der Waals surface area contributed by atoms with Gasteiger partial charge in [0.25, 0.3) is 0 Å². The maximum Gasteiger partial charge on any atom is 0.0704 e. The lowest BCUT2D eigenvalue weighted by Gasteiger charge is -2.05. The van der Waals surface area contributed by atoms with Crippen molar-refractivity contribution in [3.63, 3.8) is 0 Å². The van der Waals surface area contributed by atoms with Crippen LogP contribution in [0, 0.1) is 6.92 Å². The number of hydrogen-bond acceptors (Lipinski definition) is 2. The third-order valence-electron chi connectivity index (χ3n) is 2.63. The van der Waals surface area contributed by atoms with Gasteiger partial charge in [0, 0.05) is 18.3 Å². The molecule has 1 heterocycles. The summed E-state index contributed by atoms with van der Waals surface area (Å²) in [4.78, 5) is 4.49. The second-order valence-corrected chi connectivity index (χ2v) is 3.90. The number of benzene rings is 1.